The van der Waals surface area contributed by atoms with Gasteiger partial charge in [-0.25, -0.2) is 0 Å². The van der Waals surface area contributed by atoms with Gasteiger partial charge in [-0.05, 0) is 84.3 Å². The monoisotopic (exact) mass is 585 g/mol. The van der Waals surface area contributed by atoms with Gasteiger partial charge in [0.15, 0.2) is 0 Å². The highest BCUT2D eigenvalue weighted by Crippen LogP contribution is 2.27. The molecular weight excluding hydrogens is 554 g/mol. The number of thioether (sulfide) groups is 1. The van der Waals surface area contributed by atoms with Gasteiger partial charge in [-0.2, -0.15) is 0 Å². The Hall–Kier alpha value is -5.14. The van der Waals surface area contributed by atoms with Gasteiger partial charge in [-0.15, -0.1) is 11.8 Å². The van der Waals surface area contributed by atoms with Gasteiger partial charge in [-0.1, -0.05) is 78.9 Å². The maximum absolute atomic E-state index is 13.6. The highest BCUT2D eigenvalue weighted by Gasteiger charge is 2.18. The standard InChI is InChI=1S/C36H31N3O3S/c1-24-11-8-17-29(21-24)37-34(40)25(2)43-31-19-10-18-30(23-31)38-36(42)33(39-35(41)27-13-4-3-5-14-27)22-28-16-9-15-26-12-6-7-20-32(26)28/h3-23,25H,1-2H3,(H,37,40)(H,38,42)(H,39,41)/b33-22+. The zero-order valence-corrected chi connectivity index (χ0v) is 24.7. The summed E-state index contributed by atoms with van der Waals surface area (Å²) in [5, 5.41) is 10.3. The van der Waals surface area contributed by atoms with Crippen molar-refractivity contribution in [3.8, 4) is 0 Å². The first-order valence-electron chi connectivity index (χ1n) is 13.9. The Kier molecular flexibility index (Phi) is 9.34. The predicted molar refractivity (Wildman–Crippen MR) is 176 cm³/mol. The highest BCUT2D eigenvalue weighted by molar-refractivity contribution is 8.00. The zero-order chi connectivity index (χ0) is 30.2. The molecule has 0 radical (unpaired) electrons. The number of hydrogen-bond donors (Lipinski definition) is 3. The minimum atomic E-state index is -0.468. The van der Waals surface area contributed by atoms with Crippen LogP contribution in [0.25, 0.3) is 16.8 Å². The second-order valence-corrected chi connectivity index (χ2v) is 11.5. The second kappa shape index (κ2) is 13.7. The van der Waals surface area contributed by atoms with Gasteiger partial charge >= 0.3 is 0 Å². The van der Waals surface area contributed by atoms with Crippen LogP contribution in [0.15, 0.2) is 132 Å². The van der Waals surface area contributed by atoms with E-state index in [2.05, 4.69) is 16.0 Å². The molecule has 0 fully saturated rings. The number of anilines is 2. The second-order valence-electron chi connectivity index (χ2n) is 10.0. The molecule has 3 N–H and O–H groups in total. The maximum Gasteiger partial charge on any atom is 0.272 e. The molecule has 0 aliphatic carbocycles. The number of carbonyl (C=O) groups is 3. The van der Waals surface area contributed by atoms with Crippen LogP contribution in [0, 0.1) is 6.92 Å². The minimum Gasteiger partial charge on any atom is -0.325 e. The molecule has 0 saturated heterocycles. The van der Waals surface area contributed by atoms with Gasteiger partial charge in [0, 0.05) is 21.8 Å². The van der Waals surface area contributed by atoms with E-state index in [-0.39, 0.29) is 22.8 Å². The normalized spacial score (nSPS) is 11.9. The Morgan fingerprint density at radius 1 is 0.721 bits per heavy atom. The molecule has 5 aromatic carbocycles. The van der Waals surface area contributed by atoms with Crippen molar-refractivity contribution in [2.24, 2.45) is 0 Å². The SMILES string of the molecule is Cc1cccc(NC(=O)C(C)Sc2cccc(NC(=O)/C(=C\c3cccc4ccccc34)NC(=O)c3ccccc3)c2)c1. The molecule has 6 nitrogen and oxygen atoms in total. The van der Waals surface area contributed by atoms with Crippen LogP contribution < -0.4 is 16.0 Å². The number of fused-ring (bicyclic) bond motifs is 1. The van der Waals surface area contributed by atoms with Gasteiger partial charge in [0.25, 0.3) is 11.8 Å². The van der Waals surface area contributed by atoms with E-state index >= 15 is 0 Å². The molecule has 3 amide bonds. The molecule has 5 rings (SSSR count). The molecule has 0 saturated carbocycles. The summed E-state index contributed by atoms with van der Waals surface area (Å²) < 4.78 is 0. The van der Waals surface area contributed by atoms with Crippen LogP contribution in [-0.4, -0.2) is 23.0 Å². The molecule has 7 heteroatoms. The molecule has 43 heavy (non-hydrogen) atoms. The van der Waals surface area contributed by atoms with Crippen molar-refractivity contribution >= 4 is 57.7 Å². The van der Waals surface area contributed by atoms with E-state index in [4.69, 9.17) is 0 Å². The largest absolute Gasteiger partial charge is 0.325 e. The van der Waals surface area contributed by atoms with E-state index in [1.807, 2.05) is 105 Å². The molecule has 0 spiro atoms. The van der Waals surface area contributed by atoms with Crippen LogP contribution in [0.3, 0.4) is 0 Å². The van der Waals surface area contributed by atoms with Crippen LogP contribution in [0.1, 0.15) is 28.4 Å². The van der Waals surface area contributed by atoms with Crippen molar-refractivity contribution in [2.75, 3.05) is 10.6 Å². The number of aryl methyl sites for hydroxylation is 1. The topological polar surface area (TPSA) is 87.3 Å². The fourth-order valence-corrected chi connectivity index (χ4v) is 5.47. The van der Waals surface area contributed by atoms with Gasteiger partial charge in [0.05, 0.1) is 5.25 Å². The summed E-state index contributed by atoms with van der Waals surface area (Å²) >= 11 is 1.39. The summed E-state index contributed by atoms with van der Waals surface area (Å²) in [6, 6.07) is 37.4. The molecule has 5 aromatic rings. The number of nitrogens with one attached hydrogen (secondary N) is 3. The Morgan fingerprint density at radius 2 is 1.40 bits per heavy atom. The first-order valence-corrected chi connectivity index (χ1v) is 14.8. The van der Waals surface area contributed by atoms with Gasteiger partial charge in [0.2, 0.25) is 5.91 Å². The first-order chi connectivity index (χ1) is 20.9. The summed E-state index contributed by atoms with van der Waals surface area (Å²) in [5.41, 5.74) is 3.70. The van der Waals surface area contributed by atoms with E-state index in [0.717, 1.165) is 32.5 Å². The van der Waals surface area contributed by atoms with E-state index in [0.29, 0.717) is 11.3 Å². The molecule has 0 bridgehead atoms. The molecule has 0 aliphatic heterocycles. The molecule has 0 heterocycles. The Bertz CT molecular complexity index is 1810. The number of carbonyl (C=O) groups excluding carboxylic acids is 3. The summed E-state index contributed by atoms with van der Waals surface area (Å²) in [6.07, 6.45) is 1.69. The van der Waals surface area contributed by atoms with Crippen molar-refractivity contribution in [1.82, 2.24) is 5.32 Å². The number of hydrogen-bond acceptors (Lipinski definition) is 4. The Morgan fingerprint density at radius 3 is 2.19 bits per heavy atom. The lowest BCUT2D eigenvalue weighted by Crippen LogP contribution is -2.30. The van der Waals surface area contributed by atoms with E-state index < -0.39 is 5.91 Å². The van der Waals surface area contributed by atoms with Crippen molar-refractivity contribution in [1.29, 1.82) is 0 Å². The lowest BCUT2D eigenvalue weighted by atomic mass is 10.0. The lowest BCUT2D eigenvalue weighted by Gasteiger charge is -2.14. The molecule has 1 atom stereocenters. The minimum absolute atomic E-state index is 0.106. The fourth-order valence-electron chi connectivity index (χ4n) is 4.54. The first kappa shape index (κ1) is 29.4. The summed E-state index contributed by atoms with van der Waals surface area (Å²) in [5.74, 6) is -0.974. The van der Waals surface area contributed by atoms with Crippen molar-refractivity contribution in [2.45, 2.75) is 24.0 Å². The van der Waals surface area contributed by atoms with Crippen molar-refractivity contribution < 1.29 is 14.4 Å². The van der Waals surface area contributed by atoms with Crippen molar-refractivity contribution in [3.63, 3.8) is 0 Å². The Balaban J connectivity index is 1.35. The van der Waals surface area contributed by atoms with Crippen molar-refractivity contribution in [3.05, 3.63) is 144 Å². The third-order valence-electron chi connectivity index (χ3n) is 6.71. The molecule has 1 unspecified atom stereocenters. The fraction of sp³-hybridized carbons (Fsp3) is 0.0833. The van der Waals surface area contributed by atoms with Gasteiger partial charge in [0.1, 0.15) is 5.70 Å². The van der Waals surface area contributed by atoms with Crippen LogP contribution in [0.4, 0.5) is 11.4 Å². The third kappa shape index (κ3) is 7.78. The average Bonchev–Trinajstić information content (AvgIpc) is 3.01. The number of rotatable bonds is 9. The summed E-state index contributed by atoms with van der Waals surface area (Å²) in [6.45, 7) is 3.81. The van der Waals surface area contributed by atoms with Crippen LogP contribution in [0.5, 0.6) is 0 Å². The van der Waals surface area contributed by atoms with Gasteiger partial charge < -0.3 is 16.0 Å². The molecule has 214 valence electrons. The summed E-state index contributed by atoms with van der Waals surface area (Å²) in [7, 11) is 0. The smallest absolute Gasteiger partial charge is 0.272 e. The van der Waals surface area contributed by atoms with E-state index in [9.17, 15) is 14.4 Å². The van der Waals surface area contributed by atoms with Crippen LogP contribution >= 0.6 is 11.8 Å². The molecule has 0 aromatic heterocycles. The zero-order valence-electron chi connectivity index (χ0n) is 23.8. The quantitative estimate of drug-likeness (QED) is 0.122. The van der Waals surface area contributed by atoms with Gasteiger partial charge in [-0.3, -0.25) is 14.4 Å². The van der Waals surface area contributed by atoms with E-state index in [1.165, 1.54) is 11.8 Å². The maximum atomic E-state index is 13.6. The molecule has 0 aliphatic rings. The third-order valence-corrected chi connectivity index (χ3v) is 7.81. The average molecular weight is 586 g/mol. The molecular formula is C36H31N3O3S. The number of benzene rings is 5. The summed E-state index contributed by atoms with van der Waals surface area (Å²) in [4.78, 5) is 40.3. The van der Waals surface area contributed by atoms with Crippen LogP contribution in [-0.2, 0) is 9.59 Å². The number of amides is 3. The Labute approximate surface area is 255 Å². The highest BCUT2D eigenvalue weighted by atomic mass is 32.2. The van der Waals surface area contributed by atoms with Crippen LogP contribution in [0.2, 0.25) is 0 Å². The van der Waals surface area contributed by atoms with E-state index in [1.54, 1.807) is 36.4 Å². The predicted octanol–water partition coefficient (Wildman–Crippen LogP) is 7.68. The lowest BCUT2D eigenvalue weighted by molar-refractivity contribution is -0.115.